The fraction of sp³-hybridized carbons (Fsp3) is 0.480. The van der Waals surface area contributed by atoms with Crippen LogP contribution in [0.1, 0.15) is 54.9 Å². The number of carboxylic acid groups (broad SMARTS) is 1. The van der Waals surface area contributed by atoms with Crippen LogP contribution in [0.25, 0.3) is 10.2 Å². The van der Waals surface area contributed by atoms with E-state index in [4.69, 9.17) is 14.7 Å². The number of aryl methyl sites for hydroxylation is 1. The lowest BCUT2D eigenvalue weighted by Gasteiger charge is -2.32. The predicted octanol–water partition coefficient (Wildman–Crippen LogP) is 5.19. The van der Waals surface area contributed by atoms with Crippen LogP contribution in [0.5, 0.6) is 5.88 Å². The van der Waals surface area contributed by atoms with E-state index in [0.717, 1.165) is 60.0 Å². The lowest BCUT2D eigenvalue weighted by Crippen LogP contribution is -2.35. The van der Waals surface area contributed by atoms with Crippen LogP contribution < -0.4 is 10.1 Å². The molecule has 2 heterocycles. The van der Waals surface area contributed by atoms with Gasteiger partial charge >= 0.3 is 5.97 Å². The van der Waals surface area contributed by atoms with E-state index in [9.17, 15) is 9.90 Å². The van der Waals surface area contributed by atoms with Gasteiger partial charge in [0.2, 0.25) is 11.8 Å². The first-order valence-corrected chi connectivity index (χ1v) is 12.5. The van der Waals surface area contributed by atoms with Crippen molar-refractivity contribution in [1.29, 1.82) is 0 Å². The number of carboxylic acids is 1. The molecular weight excluding hydrogens is 436 g/mol. The molecular formula is C25H30N4O3S. The molecule has 1 saturated carbocycles. The molecule has 174 valence electrons. The summed E-state index contributed by atoms with van der Waals surface area (Å²) in [6, 6.07) is 10.5. The Labute approximate surface area is 197 Å². The van der Waals surface area contributed by atoms with Gasteiger partial charge in [-0.3, -0.25) is 4.79 Å². The minimum atomic E-state index is -0.764. The third-order valence-corrected chi connectivity index (χ3v) is 8.02. The molecule has 8 heteroatoms. The minimum absolute atomic E-state index is 0.00499. The zero-order chi connectivity index (χ0) is 22.9. The van der Waals surface area contributed by atoms with Gasteiger partial charge in [0.25, 0.3) is 0 Å². The van der Waals surface area contributed by atoms with Crippen LogP contribution in [-0.2, 0) is 11.2 Å². The molecule has 2 aliphatic rings. The average molecular weight is 467 g/mol. The summed E-state index contributed by atoms with van der Waals surface area (Å²) in [4.78, 5) is 25.5. The molecule has 0 radical (unpaired) electrons. The molecule has 0 spiro atoms. The molecule has 0 bridgehead atoms. The number of ether oxygens (including phenoxy) is 1. The van der Waals surface area contributed by atoms with Crippen LogP contribution in [0.2, 0.25) is 0 Å². The summed E-state index contributed by atoms with van der Waals surface area (Å²) in [6.07, 6.45) is 6.18. The smallest absolute Gasteiger partial charge is 0.303 e. The minimum Gasteiger partial charge on any atom is -0.481 e. The van der Waals surface area contributed by atoms with Gasteiger partial charge < -0.3 is 20.1 Å². The number of thiophene rings is 1. The quantitative estimate of drug-likeness (QED) is 0.495. The van der Waals surface area contributed by atoms with Crippen LogP contribution in [0.4, 0.5) is 11.6 Å². The van der Waals surface area contributed by atoms with Gasteiger partial charge in [0.1, 0.15) is 10.9 Å². The molecule has 1 aromatic carbocycles. The predicted molar refractivity (Wildman–Crippen MR) is 131 cm³/mol. The highest BCUT2D eigenvalue weighted by atomic mass is 32.1. The van der Waals surface area contributed by atoms with Gasteiger partial charge in [-0.15, -0.1) is 11.3 Å². The molecule has 0 amide bonds. The van der Waals surface area contributed by atoms with Crippen molar-refractivity contribution in [2.75, 3.05) is 19.4 Å². The number of carbonyl (C=O) groups is 1. The Kier molecular flexibility index (Phi) is 6.21. The van der Waals surface area contributed by atoms with Crippen LogP contribution in [0.15, 0.2) is 30.3 Å². The molecule has 3 aromatic rings. The Hall–Kier alpha value is -2.71. The zero-order valence-electron chi connectivity index (χ0n) is 19.1. The second-order valence-corrected chi connectivity index (χ2v) is 10.4. The normalized spacial score (nSPS) is 22.5. The fourth-order valence-electron chi connectivity index (χ4n) is 5.15. The number of fused-ring (bicyclic) bond motifs is 3. The molecule has 1 fully saturated rings. The first-order chi connectivity index (χ1) is 16.0. The van der Waals surface area contributed by atoms with E-state index in [1.54, 1.807) is 11.3 Å². The topological polar surface area (TPSA) is 87.6 Å². The number of nitrogens with one attached hydrogen (secondary N) is 1. The molecule has 0 aliphatic heterocycles. The highest BCUT2D eigenvalue weighted by Gasteiger charge is 2.33. The first kappa shape index (κ1) is 22.1. The Bertz CT molecular complexity index is 1140. The maximum absolute atomic E-state index is 11.5. The Balaban J connectivity index is 1.50. The Morgan fingerprint density at radius 3 is 2.61 bits per heavy atom. The summed E-state index contributed by atoms with van der Waals surface area (Å²) in [6.45, 7) is 0. The second kappa shape index (κ2) is 9.27. The van der Waals surface area contributed by atoms with E-state index < -0.39 is 5.97 Å². The van der Waals surface area contributed by atoms with Crippen LogP contribution in [0.3, 0.4) is 0 Å². The first-order valence-electron chi connectivity index (χ1n) is 11.7. The second-order valence-electron chi connectivity index (χ2n) is 9.31. The molecule has 5 rings (SSSR count). The number of rotatable bonds is 7. The number of aromatic nitrogens is 2. The fourth-order valence-corrected chi connectivity index (χ4v) is 6.41. The van der Waals surface area contributed by atoms with Crippen LogP contribution in [-0.4, -0.2) is 52.2 Å². The monoisotopic (exact) mass is 466 g/mol. The van der Waals surface area contributed by atoms with Gasteiger partial charge in [0.05, 0.1) is 11.8 Å². The van der Waals surface area contributed by atoms with Crippen molar-refractivity contribution in [2.24, 2.45) is 0 Å². The van der Waals surface area contributed by atoms with Gasteiger partial charge in [-0.25, -0.2) is 4.98 Å². The van der Waals surface area contributed by atoms with Crippen molar-refractivity contribution in [3.8, 4) is 5.88 Å². The number of para-hydroxylation sites is 1. The van der Waals surface area contributed by atoms with E-state index in [0.29, 0.717) is 17.9 Å². The number of nitrogens with zero attached hydrogens (tertiary/aromatic N) is 3. The summed E-state index contributed by atoms with van der Waals surface area (Å²) < 4.78 is 6.56. The Morgan fingerprint density at radius 1 is 1.15 bits per heavy atom. The van der Waals surface area contributed by atoms with E-state index in [1.807, 2.05) is 30.3 Å². The SMILES string of the molecule is CN(C)C1CCC(Oc2nc(Nc3ccccc3)nc3sc4c(c23)[C@@H](CC(=O)O)CC4)CC1. The zero-order valence-corrected chi connectivity index (χ0v) is 19.9. The van der Waals surface area contributed by atoms with Crippen molar-refractivity contribution in [2.45, 2.75) is 63.0 Å². The largest absolute Gasteiger partial charge is 0.481 e. The highest BCUT2D eigenvalue weighted by Crippen LogP contribution is 2.48. The van der Waals surface area contributed by atoms with Crippen molar-refractivity contribution in [3.63, 3.8) is 0 Å². The molecule has 2 aliphatic carbocycles. The Morgan fingerprint density at radius 2 is 1.91 bits per heavy atom. The number of aliphatic carboxylic acids is 1. The molecule has 0 unspecified atom stereocenters. The van der Waals surface area contributed by atoms with E-state index >= 15 is 0 Å². The highest BCUT2D eigenvalue weighted by molar-refractivity contribution is 7.19. The summed E-state index contributed by atoms with van der Waals surface area (Å²) in [5.74, 6) is 0.344. The lowest BCUT2D eigenvalue weighted by atomic mass is 9.92. The lowest BCUT2D eigenvalue weighted by molar-refractivity contribution is -0.137. The molecule has 0 saturated heterocycles. The summed E-state index contributed by atoms with van der Waals surface area (Å²) in [7, 11) is 4.27. The average Bonchev–Trinajstić information content (AvgIpc) is 3.34. The summed E-state index contributed by atoms with van der Waals surface area (Å²) >= 11 is 1.65. The number of anilines is 2. The third-order valence-electron chi connectivity index (χ3n) is 6.86. The van der Waals surface area contributed by atoms with Crippen molar-refractivity contribution >= 4 is 39.2 Å². The van der Waals surface area contributed by atoms with E-state index in [2.05, 4.69) is 24.3 Å². The van der Waals surface area contributed by atoms with Crippen LogP contribution >= 0.6 is 11.3 Å². The van der Waals surface area contributed by atoms with Crippen molar-refractivity contribution < 1.29 is 14.6 Å². The van der Waals surface area contributed by atoms with Crippen LogP contribution in [0, 0.1) is 0 Å². The summed E-state index contributed by atoms with van der Waals surface area (Å²) in [5, 5.41) is 13.7. The molecule has 2 N–H and O–H groups in total. The maximum Gasteiger partial charge on any atom is 0.303 e. The van der Waals surface area contributed by atoms with Gasteiger partial charge in [-0.2, -0.15) is 4.98 Å². The molecule has 1 atom stereocenters. The van der Waals surface area contributed by atoms with Gasteiger partial charge in [0, 0.05) is 16.6 Å². The van der Waals surface area contributed by atoms with Crippen molar-refractivity contribution in [1.82, 2.24) is 14.9 Å². The third kappa shape index (κ3) is 4.68. The van der Waals surface area contributed by atoms with Crippen molar-refractivity contribution in [3.05, 3.63) is 40.8 Å². The van der Waals surface area contributed by atoms with E-state index in [-0.39, 0.29) is 18.4 Å². The maximum atomic E-state index is 11.5. The number of hydrogen-bond acceptors (Lipinski definition) is 7. The molecule has 7 nitrogen and oxygen atoms in total. The summed E-state index contributed by atoms with van der Waals surface area (Å²) in [5.41, 5.74) is 2.02. The standard InChI is InChI=1S/C25H30N4O3S/c1-29(2)17-9-11-18(12-10-17)32-23-22-21-15(14-20(30)31)8-13-19(21)33-24(22)28-25(27-23)26-16-6-4-3-5-7-16/h3-7,15,17-18H,8-14H2,1-2H3,(H,30,31)(H,26,27,28)/t15-,17?,18?/m1/s1. The number of benzene rings is 1. The molecule has 2 aromatic heterocycles. The van der Waals surface area contributed by atoms with Gasteiger partial charge in [-0.05, 0) is 76.2 Å². The number of hydrogen-bond donors (Lipinski definition) is 2. The van der Waals surface area contributed by atoms with Gasteiger partial charge in [0.15, 0.2) is 0 Å². The van der Waals surface area contributed by atoms with Gasteiger partial charge in [-0.1, -0.05) is 18.2 Å². The van der Waals surface area contributed by atoms with E-state index in [1.165, 1.54) is 4.88 Å². The molecule has 33 heavy (non-hydrogen) atoms.